The first-order valence-corrected chi connectivity index (χ1v) is 7.79. The van der Waals surface area contributed by atoms with Crippen LogP contribution in [0.1, 0.15) is 44.1 Å². The normalized spacial score (nSPS) is 19.2. The first kappa shape index (κ1) is 17.0. The van der Waals surface area contributed by atoms with E-state index >= 15 is 0 Å². The van der Waals surface area contributed by atoms with Gasteiger partial charge < -0.3 is 15.4 Å². The summed E-state index contributed by atoms with van der Waals surface area (Å²) in [5.74, 6) is -1.06. The van der Waals surface area contributed by atoms with Gasteiger partial charge >= 0.3 is 5.97 Å². The topological polar surface area (TPSA) is 84.5 Å². The molecule has 1 aromatic rings. The van der Waals surface area contributed by atoms with Crippen molar-refractivity contribution in [1.82, 2.24) is 5.32 Å². The van der Waals surface area contributed by atoms with Crippen molar-refractivity contribution in [2.45, 2.75) is 44.6 Å². The Bertz CT molecular complexity index is 600. The molecule has 23 heavy (non-hydrogen) atoms. The monoisotopic (exact) mass is 318 g/mol. The Labute approximate surface area is 135 Å². The lowest BCUT2D eigenvalue weighted by atomic mass is 10.0. The lowest BCUT2D eigenvalue weighted by Gasteiger charge is -2.16. The van der Waals surface area contributed by atoms with Crippen LogP contribution in [0, 0.1) is 0 Å². The molecule has 1 saturated heterocycles. The molecule has 124 valence electrons. The van der Waals surface area contributed by atoms with Crippen LogP contribution in [0.15, 0.2) is 24.3 Å². The maximum atomic E-state index is 12.3. The van der Waals surface area contributed by atoms with Gasteiger partial charge in [0.2, 0.25) is 11.8 Å². The van der Waals surface area contributed by atoms with Crippen molar-refractivity contribution in [1.29, 1.82) is 0 Å². The fraction of sp³-hybridized carbons (Fsp3) is 0.471. The van der Waals surface area contributed by atoms with Crippen LogP contribution in [-0.2, 0) is 19.1 Å². The second-order valence-corrected chi connectivity index (χ2v) is 5.73. The van der Waals surface area contributed by atoms with Gasteiger partial charge in [0.25, 0.3) is 0 Å². The smallest absolute Gasteiger partial charge is 0.312 e. The average molecular weight is 318 g/mol. The molecule has 0 saturated carbocycles. The lowest BCUT2D eigenvalue weighted by molar-refractivity contribution is -0.142. The van der Waals surface area contributed by atoms with E-state index in [2.05, 4.69) is 10.6 Å². The second-order valence-electron chi connectivity index (χ2n) is 5.73. The molecule has 0 bridgehead atoms. The molecular weight excluding hydrogens is 296 g/mol. The van der Waals surface area contributed by atoms with Gasteiger partial charge in [0.05, 0.1) is 13.0 Å². The van der Waals surface area contributed by atoms with Crippen molar-refractivity contribution >= 4 is 23.5 Å². The molecule has 2 amide bonds. The molecule has 2 atom stereocenters. The summed E-state index contributed by atoms with van der Waals surface area (Å²) in [7, 11) is 1.35. The number of carbonyl (C=O) groups is 3. The molecule has 0 aliphatic carbocycles. The first-order valence-electron chi connectivity index (χ1n) is 7.79. The number of ether oxygens (including phenoxy) is 1. The van der Waals surface area contributed by atoms with E-state index in [1.54, 1.807) is 25.1 Å². The van der Waals surface area contributed by atoms with E-state index in [1.165, 1.54) is 7.11 Å². The van der Waals surface area contributed by atoms with Crippen LogP contribution in [0.25, 0.3) is 0 Å². The van der Waals surface area contributed by atoms with Gasteiger partial charge in [0.1, 0.15) is 6.04 Å². The van der Waals surface area contributed by atoms with Gasteiger partial charge in [-0.05, 0) is 37.5 Å². The standard InChI is InChI=1S/C17H22N2O4/c1-11(17(22)23-2)12-6-5-7-13(10-12)18-16(21)14-8-3-4-9-15(20)19-14/h5-7,10-11,14H,3-4,8-9H2,1-2H3,(H,18,21)(H,19,20)/t11-,14-/m0/s1. The van der Waals surface area contributed by atoms with Gasteiger partial charge in [0.15, 0.2) is 0 Å². The van der Waals surface area contributed by atoms with Gasteiger partial charge in [-0.1, -0.05) is 18.6 Å². The van der Waals surface area contributed by atoms with Gasteiger partial charge in [-0.2, -0.15) is 0 Å². The molecule has 1 aromatic carbocycles. The van der Waals surface area contributed by atoms with E-state index < -0.39 is 12.0 Å². The Balaban J connectivity index is 2.06. The third-order valence-electron chi connectivity index (χ3n) is 4.01. The van der Waals surface area contributed by atoms with Crippen LogP contribution < -0.4 is 10.6 Å². The van der Waals surface area contributed by atoms with Gasteiger partial charge in [-0.25, -0.2) is 0 Å². The Morgan fingerprint density at radius 2 is 2.13 bits per heavy atom. The van der Waals surface area contributed by atoms with Gasteiger partial charge in [-0.3, -0.25) is 14.4 Å². The van der Waals surface area contributed by atoms with E-state index in [-0.39, 0.29) is 17.8 Å². The molecule has 6 nitrogen and oxygen atoms in total. The van der Waals surface area contributed by atoms with Crippen LogP contribution in [0.2, 0.25) is 0 Å². The fourth-order valence-corrected chi connectivity index (χ4v) is 2.60. The minimum Gasteiger partial charge on any atom is -0.469 e. The molecule has 0 unspecified atom stereocenters. The Kier molecular flexibility index (Phi) is 5.73. The summed E-state index contributed by atoms with van der Waals surface area (Å²) < 4.78 is 4.73. The van der Waals surface area contributed by atoms with Crippen LogP contribution >= 0.6 is 0 Å². The first-order chi connectivity index (χ1) is 11.0. The summed E-state index contributed by atoms with van der Waals surface area (Å²) >= 11 is 0. The summed E-state index contributed by atoms with van der Waals surface area (Å²) in [6, 6.07) is 6.58. The third kappa shape index (κ3) is 4.55. The summed E-state index contributed by atoms with van der Waals surface area (Å²) in [5, 5.41) is 5.54. The highest BCUT2D eigenvalue weighted by Crippen LogP contribution is 2.21. The number of anilines is 1. The number of benzene rings is 1. The molecule has 6 heteroatoms. The number of nitrogens with one attached hydrogen (secondary N) is 2. The number of hydrogen-bond acceptors (Lipinski definition) is 4. The zero-order valence-corrected chi connectivity index (χ0v) is 13.4. The highest BCUT2D eigenvalue weighted by Gasteiger charge is 2.23. The van der Waals surface area contributed by atoms with Crippen molar-refractivity contribution in [3.05, 3.63) is 29.8 Å². The molecule has 1 heterocycles. The number of rotatable bonds is 4. The second kappa shape index (κ2) is 7.76. The molecule has 1 aliphatic heterocycles. The molecule has 0 radical (unpaired) electrons. The number of carbonyl (C=O) groups excluding carboxylic acids is 3. The summed E-state index contributed by atoms with van der Waals surface area (Å²) in [5.41, 5.74) is 1.36. The van der Waals surface area contributed by atoms with Crippen LogP contribution in [0.5, 0.6) is 0 Å². The maximum Gasteiger partial charge on any atom is 0.312 e. The van der Waals surface area contributed by atoms with E-state index in [0.29, 0.717) is 18.5 Å². The molecule has 2 N–H and O–H groups in total. The Hall–Kier alpha value is -2.37. The zero-order chi connectivity index (χ0) is 16.8. The molecule has 1 fully saturated rings. The maximum absolute atomic E-state index is 12.3. The molecular formula is C17H22N2O4. The largest absolute Gasteiger partial charge is 0.469 e. The SMILES string of the molecule is COC(=O)[C@@H](C)c1cccc(NC(=O)[C@@H]2CCCCC(=O)N2)c1. The van der Waals surface area contributed by atoms with E-state index in [0.717, 1.165) is 18.4 Å². The molecule has 0 aromatic heterocycles. The minimum absolute atomic E-state index is 0.0873. The lowest BCUT2D eigenvalue weighted by Crippen LogP contribution is -2.42. The minimum atomic E-state index is -0.508. The Morgan fingerprint density at radius 1 is 1.35 bits per heavy atom. The summed E-state index contributed by atoms with van der Waals surface area (Å²) in [6.07, 6.45) is 2.75. The van der Waals surface area contributed by atoms with Crippen molar-refractivity contribution < 1.29 is 19.1 Å². The summed E-state index contributed by atoms with van der Waals surface area (Å²) in [6.45, 7) is 1.75. The summed E-state index contributed by atoms with van der Waals surface area (Å²) in [4.78, 5) is 35.5. The van der Waals surface area contributed by atoms with Crippen molar-refractivity contribution in [2.75, 3.05) is 12.4 Å². The molecule has 0 spiro atoms. The molecule has 1 aliphatic rings. The highest BCUT2D eigenvalue weighted by atomic mass is 16.5. The third-order valence-corrected chi connectivity index (χ3v) is 4.01. The van der Waals surface area contributed by atoms with Crippen molar-refractivity contribution in [3.63, 3.8) is 0 Å². The van der Waals surface area contributed by atoms with Crippen molar-refractivity contribution in [2.24, 2.45) is 0 Å². The van der Waals surface area contributed by atoms with Gasteiger partial charge in [-0.15, -0.1) is 0 Å². The van der Waals surface area contributed by atoms with Crippen LogP contribution in [-0.4, -0.2) is 30.9 Å². The van der Waals surface area contributed by atoms with E-state index in [4.69, 9.17) is 4.74 Å². The quantitative estimate of drug-likeness (QED) is 0.831. The zero-order valence-electron chi connectivity index (χ0n) is 13.4. The molecule has 2 rings (SSSR count). The predicted molar refractivity (Wildman–Crippen MR) is 85.9 cm³/mol. The van der Waals surface area contributed by atoms with E-state index in [1.807, 2.05) is 6.07 Å². The number of hydrogen-bond donors (Lipinski definition) is 2. The highest BCUT2D eigenvalue weighted by molar-refractivity contribution is 5.97. The average Bonchev–Trinajstić information content (AvgIpc) is 2.78. The van der Waals surface area contributed by atoms with Crippen molar-refractivity contribution in [3.8, 4) is 0 Å². The van der Waals surface area contributed by atoms with Crippen LogP contribution in [0.4, 0.5) is 5.69 Å². The number of esters is 1. The van der Waals surface area contributed by atoms with Gasteiger partial charge in [0, 0.05) is 12.1 Å². The Morgan fingerprint density at radius 3 is 2.87 bits per heavy atom. The van der Waals surface area contributed by atoms with Crippen LogP contribution in [0.3, 0.4) is 0 Å². The number of methoxy groups -OCH3 is 1. The fourth-order valence-electron chi connectivity index (χ4n) is 2.60. The van der Waals surface area contributed by atoms with E-state index in [9.17, 15) is 14.4 Å². The number of amides is 2. The predicted octanol–water partition coefficient (Wildman–Crippen LogP) is 1.96.